The summed E-state index contributed by atoms with van der Waals surface area (Å²) in [5, 5.41) is 3.32. The van der Waals surface area contributed by atoms with Crippen molar-refractivity contribution in [3.8, 4) is 0 Å². The zero-order valence-corrected chi connectivity index (χ0v) is 17.7. The number of nitrogens with zero attached hydrogens (tertiary/aromatic N) is 1. The number of anilines is 1. The van der Waals surface area contributed by atoms with Crippen molar-refractivity contribution in [3.63, 3.8) is 0 Å². The Labute approximate surface area is 171 Å². The van der Waals surface area contributed by atoms with Crippen molar-refractivity contribution in [3.05, 3.63) is 64.2 Å². The first-order valence-electron chi connectivity index (χ1n) is 9.38. The van der Waals surface area contributed by atoms with Crippen molar-refractivity contribution in [1.29, 1.82) is 0 Å². The average Bonchev–Trinajstić information content (AvgIpc) is 2.64. The van der Waals surface area contributed by atoms with E-state index in [-0.39, 0.29) is 18.5 Å². The van der Waals surface area contributed by atoms with E-state index >= 15 is 0 Å². The van der Waals surface area contributed by atoms with Crippen molar-refractivity contribution in [2.75, 3.05) is 17.1 Å². The summed E-state index contributed by atoms with van der Waals surface area (Å²) in [6.45, 7) is 1.61. The summed E-state index contributed by atoms with van der Waals surface area (Å²) in [5.74, 6) is -0.365. The van der Waals surface area contributed by atoms with Gasteiger partial charge in [-0.1, -0.05) is 35.9 Å². The number of carbonyl (C=O) groups is 1. The molecule has 5 nitrogen and oxygen atoms in total. The highest BCUT2D eigenvalue weighted by molar-refractivity contribution is 7.92. The molecule has 150 valence electrons. The predicted molar refractivity (Wildman–Crippen MR) is 113 cm³/mol. The maximum atomic E-state index is 12.6. The van der Waals surface area contributed by atoms with E-state index in [1.165, 1.54) is 30.0 Å². The van der Waals surface area contributed by atoms with E-state index in [1.54, 1.807) is 18.2 Å². The molecule has 0 radical (unpaired) electrons. The van der Waals surface area contributed by atoms with Crippen LogP contribution in [0.1, 0.15) is 42.5 Å². The first-order chi connectivity index (χ1) is 13.2. The molecule has 0 fully saturated rings. The molecule has 7 heteroatoms. The van der Waals surface area contributed by atoms with E-state index in [0.29, 0.717) is 10.7 Å². The van der Waals surface area contributed by atoms with E-state index < -0.39 is 10.0 Å². The molecule has 1 N–H and O–H groups in total. The van der Waals surface area contributed by atoms with Gasteiger partial charge in [-0.2, -0.15) is 0 Å². The first kappa shape index (κ1) is 20.7. The lowest BCUT2D eigenvalue weighted by atomic mass is 9.89. The van der Waals surface area contributed by atoms with Gasteiger partial charge in [-0.05, 0) is 67.5 Å². The van der Waals surface area contributed by atoms with Gasteiger partial charge in [-0.25, -0.2) is 8.42 Å². The summed E-state index contributed by atoms with van der Waals surface area (Å²) in [6.07, 6.45) is 5.68. The topological polar surface area (TPSA) is 66.5 Å². The zero-order valence-electron chi connectivity index (χ0n) is 16.1. The van der Waals surface area contributed by atoms with Gasteiger partial charge < -0.3 is 5.32 Å². The molecule has 2 aromatic carbocycles. The Bertz CT molecular complexity index is 975. The standard InChI is InChI=1S/C21H25ClN2O3S/c1-15(17-11-10-16-6-3-4-7-18(16)12-17)23-21(25)14-24(28(2,26)27)20-9-5-8-19(22)13-20/h5,8-13,15H,3-4,6-7,14H2,1-2H3,(H,23,25)/t15-/m1/s1. The van der Waals surface area contributed by atoms with E-state index in [4.69, 9.17) is 11.6 Å². The monoisotopic (exact) mass is 420 g/mol. The van der Waals surface area contributed by atoms with Crippen molar-refractivity contribution in [2.45, 2.75) is 38.6 Å². The summed E-state index contributed by atoms with van der Waals surface area (Å²) in [5.41, 5.74) is 4.13. The minimum atomic E-state index is -3.63. The molecule has 0 aliphatic heterocycles. The van der Waals surface area contributed by atoms with Gasteiger partial charge in [0.25, 0.3) is 0 Å². The molecular weight excluding hydrogens is 396 g/mol. The molecule has 1 atom stereocenters. The molecule has 0 spiro atoms. The Kier molecular flexibility index (Phi) is 6.30. The van der Waals surface area contributed by atoms with E-state index in [0.717, 1.165) is 29.0 Å². The Morgan fingerprint density at radius 2 is 1.86 bits per heavy atom. The molecular formula is C21H25ClN2O3S. The largest absolute Gasteiger partial charge is 0.348 e. The number of nitrogens with one attached hydrogen (secondary N) is 1. The van der Waals surface area contributed by atoms with Crippen LogP contribution >= 0.6 is 11.6 Å². The van der Waals surface area contributed by atoms with E-state index in [9.17, 15) is 13.2 Å². The number of amides is 1. The summed E-state index contributed by atoms with van der Waals surface area (Å²) in [6, 6.07) is 12.6. The fourth-order valence-corrected chi connectivity index (χ4v) is 4.59. The summed E-state index contributed by atoms with van der Waals surface area (Å²) >= 11 is 5.98. The Hall–Kier alpha value is -2.05. The minimum Gasteiger partial charge on any atom is -0.348 e. The maximum Gasteiger partial charge on any atom is 0.241 e. The Morgan fingerprint density at radius 1 is 1.14 bits per heavy atom. The van der Waals surface area contributed by atoms with Crippen LogP contribution < -0.4 is 9.62 Å². The van der Waals surface area contributed by atoms with Gasteiger partial charge in [-0.3, -0.25) is 9.10 Å². The number of halogens is 1. The lowest BCUT2D eigenvalue weighted by Crippen LogP contribution is -2.41. The molecule has 28 heavy (non-hydrogen) atoms. The molecule has 1 aliphatic carbocycles. The third kappa shape index (κ3) is 5.06. The molecule has 3 rings (SSSR count). The average molecular weight is 421 g/mol. The van der Waals surface area contributed by atoms with Crippen molar-refractivity contribution < 1.29 is 13.2 Å². The first-order valence-corrected chi connectivity index (χ1v) is 11.6. The molecule has 0 bridgehead atoms. The Morgan fingerprint density at radius 3 is 2.54 bits per heavy atom. The second-order valence-electron chi connectivity index (χ2n) is 7.27. The molecule has 0 unspecified atom stereocenters. The van der Waals surface area contributed by atoms with Crippen LogP contribution in [0.15, 0.2) is 42.5 Å². The number of hydrogen-bond donors (Lipinski definition) is 1. The molecule has 0 heterocycles. The molecule has 2 aromatic rings. The van der Waals surface area contributed by atoms with Gasteiger partial charge in [-0.15, -0.1) is 0 Å². The third-order valence-corrected chi connectivity index (χ3v) is 6.41. The number of benzene rings is 2. The zero-order chi connectivity index (χ0) is 20.3. The summed E-state index contributed by atoms with van der Waals surface area (Å²) in [4.78, 5) is 12.6. The number of rotatable bonds is 6. The number of aryl methyl sites for hydroxylation is 2. The van der Waals surface area contributed by atoms with Gasteiger partial charge >= 0.3 is 0 Å². The van der Waals surface area contributed by atoms with Gasteiger partial charge in [0.2, 0.25) is 15.9 Å². The quantitative estimate of drug-likeness (QED) is 0.771. The van der Waals surface area contributed by atoms with Crippen LogP contribution in [0.2, 0.25) is 5.02 Å². The van der Waals surface area contributed by atoms with Crippen molar-refractivity contribution in [2.24, 2.45) is 0 Å². The van der Waals surface area contributed by atoms with Crippen LogP contribution in [0, 0.1) is 0 Å². The van der Waals surface area contributed by atoms with Crippen LogP contribution in [0.3, 0.4) is 0 Å². The number of fused-ring (bicyclic) bond motifs is 1. The van der Waals surface area contributed by atoms with Crippen molar-refractivity contribution >= 4 is 33.2 Å². The molecule has 0 saturated carbocycles. The lowest BCUT2D eigenvalue weighted by Gasteiger charge is -2.24. The second kappa shape index (κ2) is 8.53. The Balaban J connectivity index is 1.72. The van der Waals surface area contributed by atoms with Crippen LogP contribution in [0.25, 0.3) is 0 Å². The van der Waals surface area contributed by atoms with Crippen molar-refractivity contribution in [1.82, 2.24) is 5.32 Å². The molecule has 1 amide bonds. The minimum absolute atomic E-state index is 0.208. The van der Waals surface area contributed by atoms with Gasteiger partial charge in [0.05, 0.1) is 18.0 Å². The predicted octanol–water partition coefficient (Wildman–Crippen LogP) is 3.86. The lowest BCUT2D eigenvalue weighted by molar-refractivity contribution is -0.120. The maximum absolute atomic E-state index is 12.6. The molecule has 0 aromatic heterocycles. The van der Waals surface area contributed by atoms with E-state index in [1.807, 2.05) is 13.0 Å². The van der Waals surface area contributed by atoms with Crippen LogP contribution in [0.4, 0.5) is 5.69 Å². The normalized spacial score (nSPS) is 14.8. The van der Waals surface area contributed by atoms with Gasteiger partial charge in [0.15, 0.2) is 0 Å². The highest BCUT2D eigenvalue weighted by Gasteiger charge is 2.22. The highest BCUT2D eigenvalue weighted by Crippen LogP contribution is 2.25. The van der Waals surface area contributed by atoms with Gasteiger partial charge in [0, 0.05) is 5.02 Å². The van der Waals surface area contributed by atoms with Crippen LogP contribution in [-0.2, 0) is 27.7 Å². The fraction of sp³-hybridized carbons (Fsp3) is 0.381. The SMILES string of the molecule is C[C@@H](NC(=O)CN(c1cccc(Cl)c1)S(C)(=O)=O)c1ccc2c(c1)CCCC2. The van der Waals surface area contributed by atoms with Gasteiger partial charge in [0.1, 0.15) is 6.54 Å². The number of sulfonamides is 1. The van der Waals surface area contributed by atoms with Crippen LogP contribution in [0.5, 0.6) is 0 Å². The third-order valence-electron chi connectivity index (χ3n) is 5.03. The highest BCUT2D eigenvalue weighted by atomic mass is 35.5. The summed E-state index contributed by atoms with van der Waals surface area (Å²) < 4.78 is 25.5. The van der Waals surface area contributed by atoms with Crippen LogP contribution in [-0.4, -0.2) is 27.1 Å². The smallest absolute Gasteiger partial charge is 0.241 e. The second-order valence-corrected chi connectivity index (χ2v) is 9.62. The summed E-state index contributed by atoms with van der Waals surface area (Å²) in [7, 11) is -3.63. The van der Waals surface area contributed by atoms with E-state index in [2.05, 4.69) is 17.4 Å². The number of carbonyl (C=O) groups excluding carboxylic acids is 1. The number of hydrogen-bond acceptors (Lipinski definition) is 3. The molecule has 1 aliphatic rings. The fourth-order valence-electron chi connectivity index (χ4n) is 3.55. The molecule has 0 saturated heterocycles.